The zero-order valence-corrected chi connectivity index (χ0v) is 25.8. The molecule has 0 spiro atoms. The van der Waals surface area contributed by atoms with E-state index in [1.54, 1.807) is 36.3 Å². The largest absolute Gasteiger partial charge is 0.480 e. The number of methoxy groups -OCH3 is 1. The zero-order valence-electron chi connectivity index (χ0n) is 24.2. The van der Waals surface area contributed by atoms with Gasteiger partial charge >= 0.3 is 5.97 Å². The molecule has 2 aromatic carbocycles. The summed E-state index contributed by atoms with van der Waals surface area (Å²) in [5.41, 5.74) is 4.16. The topological polar surface area (TPSA) is 84.9 Å². The molecule has 0 aliphatic rings. The van der Waals surface area contributed by atoms with Crippen LogP contribution in [0.1, 0.15) is 58.4 Å². The Morgan fingerprint density at radius 2 is 1.72 bits per heavy atom. The lowest BCUT2D eigenvalue weighted by atomic mass is 9.93. The van der Waals surface area contributed by atoms with Crippen molar-refractivity contribution in [3.05, 3.63) is 81.0 Å². The van der Waals surface area contributed by atoms with Crippen LogP contribution < -0.4 is 5.32 Å². The second-order valence-electron chi connectivity index (χ2n) is 8.42. The predicted molar refractivity (Wildman–Crippen MR) is 165 cm³/mol. The fourth-order valence-corrected chi connectivity index (χ4v) is 4.84. The van der Waals surface area contributed by atoms with E-state index in [1.807, 2.05) is 70.3 Å². The van der Waals surface area contributed by atoms with Crippen molar-refractivity contribution in [1.82, 2.24) is 5.32 Å². The minimum atomic E-state index is -1.02. The van der Waals surface area contributed by atoms with Gasteiger partial charge in [0.2, 0.25) is 0 Å². The monoisotopic (exact) mass is 573 g/mol. The number of benzene rings is 2. The Labute approximate surface area is 242 Å². The molecule has 3 aromatic rings. The van der Waals surface area contributed by atoms with Gasteiger partial charge in [-0.1, -0.05) is 44.2 Å². The molecule has 0 saturated carbocycles. The molecule has 1 amide bonds. The summed E-state index contributed by atoms with van der Waals surface area (Å²) in [6.07, 6.45) is 2.29. The average Bonchev–Trinajstić information content (AvgIpc) is 3.36. The first-order chi connectivity index (χ1) is 18.8. The van der Waals surface area contributed by atoms with Crippen molar-refractivity contribution in [3.63, 3.8) is 0 Å². The number of aryl methyl sites for hydroxylation is 2. The summed E-state index contributed by atoms with van der Waals surface area (Å²) < 4.78 is 10.5. The van der Waals surface area contributed by atoms with E-state index in [4.69, 9.17) is 4.74 Å². The van der Waals surface area contributed by atoms with Gasteiger partial charge in [0.25, 0.3) is 5.91 Å². The van der Waals surface area contributed by atoms with Gasteiger partial charge in [-0.05, 0) is 85.7 Å². The van der Waals surface area contributed by atoms with E-state index >= 15 is 0 Å². The number of thiophene rings is 1. The molecule has 0 fully saturated rings. The minimum absolute atomic E-state index is 0.371. The van der Waals surface area contributed by atoms with Gasteiger partial charge in [0.1, 0.15) is 6.04 Å². The van der Waals surface area contributed by atoms with E-state index in [0.717, 1.165) is 28.9 Å². The summed E-state index contributed by atoms with van der Waals surface area (Å²) in [4.78, 5) is 27.2. The van der Waals surface area contributed by atoms with Crippen molar-refractivity contribution in [2.24, 2.45) is 0 Å². The third-order valence-corrected chi connectivity index (χ3v) is 7.19. The molecule has 0 aliphatic carbocycles. The molecule has 1 atom stereocenters. The molecule has 3 rings (SSSR count). The molecule has 2 N–H and O–H groups in total. The third-order valence-electron chi connectivity index (χ3n) is 5.58. The first kappa shape index (κ1) is 34.4. The molecule has 6 nitrogen and oxygen atoms in total. The van der Waals surface area contributed by atoms with Crippen LogP contribution in [0.3, 0.4) is 0 Å². The quantitative estimate of drug-likeness (QED) is 0.235. The van der Waals surface area contributed by atoms with Gasteiger partial charge in [0, 0.05) is 29.0 Å². The molecule has 0 aliphatic heterocycles. The van der Waals surface area contributed by atoms with Gasteiger partial charge in [0.05, 0.1) is 13.2 Å². The SMILES string of the molecule is CC.CCOC.CSCCC(NC(=O)c1ccc(COCc2ccc(C)s2)cc1-c1ccccc1C)C(=O)O. The van der Waals surface area contributed by atoms with Gasteiger partial charge in [-0.3, -0.25) is 4.79 Å². The van der Waals surface area contributed by atoms with Crippen molar-refractivity contribution in [3.8, 4) is 11.1 Å². The number of hydrogen-bond acceptors (Lipinski definition) is 6. The normalized spacial score (nSPS) is 10.9. The van der Waals surface area contributed by atoms with Crippen LogP contribution >= 0.6 is 23.1 Å². The van der Waals surface area contributed by atoms with Crippen LogP contribution in [0.5, 0.6) is 0 Å². The smallest absolute Gasteiger partial charge is 0.326 e. The summed E-state index contributed by atoms with van der Waals surface area (Å²) in [5.74, 6) is -0.756. The molecule has 39 heavy (non-hydrogen) atoms. The Kier molecular flexibility index (Phi) is 17.1. The molecular weight excluding hydrogens is 530 g/mol. The van der Waals surface area contributed by atoms with Crippen LogP contribution in [0.2, 0.25) is 0 Å². The van der Waals surface area contributed by atoms with Crippen molar-refractivity contribution in [2.45, 2.75) is 60.3 Å². The van der Waals surface area contributed by atoms with Gasteiger partial charge < -0.3 is 19.9 Å². The van der Waals surface area contributed by atoms with Crippen LogP contribution in [0.4, 0.5) is 0 Å². The predicted octanol–water partition coefficient (Wildman–Crippen LogP) is 7.36. The lowest BCUT2D eigenvalue weighted by molar-refractivity contribution is -0.139. The van der Waals surface area contributed by atoms with Crippen LogP contribution in [-0.4, -0.2) is 48.8 Å². The first-order valence-electron chi connectivity index (χ1n) is 13.1. The summed E-state index contributed by atoms with van der Waals surface area (Å²) in [7, 11) is 1.68. The highest BCUT2D eigenvalue weighted by molar-refractivity contribution is 7.98. The van der Waals surface area contributed by atoms with E-state index < -0.39 is 12.0 Å². The molecule has 1 heterocycles. The van der Waals surface area contributed by atoms with Crippen LogP contribution in [0.15, 0.2) is 54.6 Å². The summed E-state index contributed by atoms with van der Waals surface area (Å²) in [6.45, 7) is 11.8. The molecular formula is C31H43NO5S2. The van der Waals surface area contributed by atoms with Crippen LogP contribution in [0, 0.1) is 13.8 Å². The number of ether oxygens (including phenoxy) is 2. The maximum Gasteiger partial charge on any atom is 0.326 e. The average molecular weight is 574 g/mol. The highest BCUT2D eigenvalue weighted by Crippen LogP contribution is 2.29. The number of carbonyl (C=O) groups is 2. The Morgan fingerprint density at radius 1 is 1.03 bits per heavy atom. The second-order valence-corrected chi connectivity index (χ2v) is 10.8. The van der Waals surface area contributed by atoms with E-state index in [0.29, 0.717) is 31.0 Å². The van der Waals surface area contributed by atoms with Crippen molar-refractivity contribution < 1.29 is 24.2 Å². The molecule has 1 unspecified atom stereocenters. The molecule has 214 valence electrons. The molecule has 0 bridgehead atoms. The van der Waals surface area contributed by atoms with Gasteiger partial charge in [-0.15, -0.1) is 11.3 Å². The van der Waals surface area contributed by atoms with Crippen molar-refractivity contribution in [1.29, 1.82) is 0 Å². The van der Waals surface area contributed by atoms with E-state index in [-0.39, 0.29) is 5.91 Å². The highest BCUT2D eigenvalue weighted by Gasteiger charge is 2.22. The van der Waals surface area contributed by atoms with Crippen LogP contribution in [-0.2, 0) is 27.5 Å². The number of amides is 1. The maximum atomic E-state index is 13.1. The molecule has 1 aromatic heterocycles. The summed E-state index contributed by atoms with van der Waals surface area (Å²) in [6, 6.07) is 16.7. The Bertz CT molecular complexity index is 1140. The Balaban J connectivity index is 0.00000116. The summed E-state index contributed by atoms with van der Waals surface area (Å²) in [5, 5.41) is 12.2. The van der Waals surface area contributed by atoms with Gasteiger partial charge in [-0.2, -0.15) is 11.8 Å². The van der Waals surface area contributed by atoms with E-state index in [1.165, 1.54) is 9.75 Å². The lowest BCUT2D eigenvalue weighted by Gasteiger charge is -2.17. The fourth-order valence-electron chi connectivity index (χ4n) is 3.54. The molecule has 0 saturated heterocycles. The zero-order chi connectivity index (χ0) is 29.2. The molecule has 0 radical (unpaired) electrons. The number of carbonyl (C=O) groups excluding carboxylic acids is 1. The van der Waals surface area contributed by atoms with Gasteiger partial charge in [-0.25, -0.2) is 4.79 Å². The number of rotatable bonds is 12. The maximum absolute atomic E-state index is 13.1. The van der Waals surface area contributed by atoms with E-state index in [9.17, 15) is 14.7 Å². The molecule has 8 heteroatoms. The number of hydrogen-bond donors (Lipinski definition) is 2. The van der Waals surface area contributed by atoms with E-state index in [2.05, 4.69) is 29.1 Å². The number of thioether (sulfide) groups is 1. The Hall–Kier alpha value is -2.65. The fraction of sp³-hybridized carbons (Fsp3) is 0.419. The lowest BCUT2D eigenvalue weighted by Crippen LogP contribution is -2.41. The first-order valence-corrected chi connectivity index (χ1v) is 15.3. The number of nitrogens with one attached hydrogen (secondary N) is 1. The number of aliphatic carboxylic acids is 1. The number of carboxylic acid groups (broad SMARTS) is 1. The Morgan fingerprint density at radius 3 is 2.28 bits per heavy atom. The standard InChI is InChI=1S/C26H29NO4S2.C3H8O.C2H6/c1-17-6-4-5-7-21(17)23-14-19(15-31-16-20-10-8-18(2)33-20)9-11-22(23)25(28)27-24(26(29)30)12-13-32-3;1-3-4-2;1-2/h4-11,14,24H,12-13,15-16H2,1-3H3,(H,27,28)(H,29,30);3H2,1-2H3;1-2H3. The number of carboxylic acids is 1. The van der Waals surface area contributed by atoms with Crippen LogP contribution in [0.25, 0.3) is 11.1 Å². The van der Waals surface area contributed by atoms with Crippen molar-refractivity contribution >= 4 is 35.0 Å². The second kappa shape index (κ2) is 19.4. The minimum Gasteiger partial charge on any atom is -0.480 e. The third kappa shape index (κ3) is 12.0. The van der Waals surface area contributed by atoms with Crippen molar-refractivity contribution in [2.75, 3.05) is 25.7 Å². The highest BCUT2D eigenvalue weighted by atomic mass is 32.2. The summed E-state index contributed by atoms with van der Waals surface area (Å²) >= 11 is 3.27. The van der Waals surface area contributed by atoms with Gasteiger partial charge in [0.15, 0.2) is 0 Å².